The van der Waals surface area contributed by atoms with Crippen LogP contribution in [0.15, 0.2) is 29.1 Å². The second-order valence-electron chi connectivity index (χ2n) is 5.43. The zero-order chi connectivity index (χ0) is 15.7. The summed E-state index contributed by atoms with van der Waals surface area (Å²) >= 11 is 1.97. The molecule has 0 atom stereocenters. The van der Waals surface area contributed by atoms with Gasteiger partial charge in [-0.2, -0.15) is 12.1 Å². The average molecular weight is 501 g/mol. The van der Waals surface area contributed by atoms with E-state index < -0.39 is 5.82 Å². The first-order valence-corrected chi connectivity index (χ1v) is 8.41. The Morgan fingerprint density at radius 1 is 1.43 bits per heavy atom. The van der Waals surface area contributed by atoms with Crippen LogP contribution in [0.4, 0.5) is 4.39 Å². The molecule has 1 aromatic carbocycles. The van der Waals surface area contributed by atoms with Gasteiger partial charge in [-0.15, -0.1) is 28.7 Å². The number of nitrogens with zero attached hydrogens (tertiary/aromatic N) is 1. The van der Waals surface area contributed by atoms with Crippen LogP contribution in [0.3, 0.4) is 0 Å². The second-order valence-corrected chi connectivity index (χ2v) is 6.59. The number of hydrogen-bond donors (Lipinski definition) is 0. The fraction of sp³-hybridized carbons (Fsp3) is 0.353. The van der Waals surface area contributed by atoms with Gasteiger partial charge in [-0.3, -0.25) is 4.79 Å². The Hall–Kier alpha value is -0.266. The molecule has 119 valence electrons. The summed E-state index contributed by atoms with van der Waals surface area (Å²) in [5, 5.41) is 0. The fourth-order valence-electron chi connectivity index (χ4n) is 2.30. The van der Waals surface area contributed by atoms with Crippen molar-refractivity contribution in [3.63, 3.8) is 0 Å². The number of aromatic nitrogens is 1. The standard InChI is InChI=1S/C17H16FINO2.Y/c1-2-20-16(8-7-15(19)17(20)21)13-6-5-12(9-14(13)18)22-10-11-3-4-11;/h5-7,9,11H,2-4,10H2,1H3;/q-1;. The molecule has 0 amide bonds. The van der Waals surface area contributed by atoms with Crippen LogP contribution in [0, 0.1) is 21.4 Å². The zero-order valence-electron chi connectivity index (χ0n) is 12.8. The summed E-state index contributed by atoms with van der Waals surface area (Å²) in [6.45, 7) is 2.98. The summed E-state index contributed by atoms with van der Waals surface area (Å²) in [7, 11) is 0. The molecule has 0 N–H and O–H groups in total. The van der Waals surface area contributed by atoms with Crippen LogP contribution in [0.1, 0.15) is 19.8 Å². The van der Waals surface area contributed by atoms with Crippen LogP contribution >= 0.6 is 22.6 Å². The van der Waals surface area contributed by atoms with Crippen LogP contribution in [-0.2, 0) is 39.3 Å². The molecule has 0 saturated heterocycles. The van der Waals surface area contributed by atoms with Crippen molar-refractivity contribution >= 4 is 22.6 Å². The molecular weight excluding hydrogens is 485 g/mol. The molecule has 3 nitrogen and oxygen atoms in total. The summed E-state index contributed by atoms with van der Waals surface area (Å²) in [6.07, 6.45) is 2.39. The smallest absolute Gasteiger partial charge is 0.207 e. The molecule has 0 spiro atoms. The van der Waals surface area contributed by atoms with Gasteiger partial charge in [0.1, 0.15) is 5.75 Å². The van der Waals surface area contributed by atoms with Crippen molar-refractivity contribution in [2.24, 2.45) is 5.92 Å². The minimum absolute atomic E-state index is 0. The predicted octanol–water partition coefficient (Wildman–Crippen LogP) is 3.87. The van der Waals surface area contributed by atoms with E-state index >= 15 is 0 Å². The van der Waals surface area contributed by atoms with Crippen LogP contribution in [-0.4, -0.2) is 11.2 Å². The van der Waals surface area contributed by atoms with E-state index in [1.165, 1.54) is 23.5 Å². The van der Waals surface area contributed by atoms with Crippen LogP contribution in [0.25, 0.3) is 11.3 Å². The molecular formula is C17H16FINO2Y-. The van der Waals surface area contributed by atoms with Crippen molar-refractivity contribution in [1.82, 2.24) is 4.57 Å². The van der Waals surface area contributed by atoms with Crippen molar-refractivity contribution < 1.29 is 41.8 Å². The molecule has 1 aromatic heterocycles. The molecule has 2 aromatic rings. The Morgan fingerprint density at radius 2 is 2.17 bits per heavy atom. The van der Waals surface area contributed by atoms with Crippen LogP contribution in [0.5, 0.6) is 5.75 Å². The molecule has 0 unspecified atom stereocenters. The fourth-order valence-corrected chi connectivity index (χ4v) is 2.75. The van der Waals surface area contributed by atoms with Crippen molar-refractivity contribution in [3.05, 3.63) is 50.1 Å². The summed E-state index contributed by atoms with van der Waals surface area (Å²) in [5.41, 5.74) is 0.721. The SMILES string of the molecule is CCn1c(-c2ccc(OCC3CC3)cc2F)[c-]cc(I)c1=O.[Y]. The molecule has 0 aliphatic heterocycles. The normalized spacial score (nSPS) is 13.5. The number of halogens is 2. The predicted molar refractivity (Wildman–Crippen MR) is 91.5 cm³/mol. The molecule has 6 heteroatoms. The maximum absolute atomic E-state index is 14.4. The molecule has 1 aliphatic carbocycles. The van der Waals surface area contributed by atoms with E-state index in [1.807, 2.05) is 29.5 Å². The first kappa shape index (κ1) is 19.1. The minimum Gasteiger partial charge on any atom is -0.493 e. The molecule has 0 bridgehead atoms. The van der Waals surface area contributed by atoms with Gasteiger partial charge in [-0.25, -0.2) is 4.39 Å². The Labute approximate surface area is 173 Å². The van der Waals surface area contributed by atoms with E-state index in [9.17, 15) is 9.18 Å². The number of pyridine rings is 1. The van der Waals surface area contributed by atoms with Crippen LogP contribution < -0.4 is 10.3 Å². The van der Waals surface area contributed by atoms with Crippen molar-refractivity contribution in [3.8, 4) is 17.0 Å². The third kappa shape index (κ3) is 4.43. The Bertz CT molecular complexity index is 759. The third-order valence-electron chi connectivity index (χ3n) is 3.75. The van der Waals surface area contributed by atoms with Gasteiger partial charge >= 0.3 is 0 Å². The first-order chi connectivity index (χ1) is 10.6. The van der Waals surface area contributed by atoms with Gasteiger partial charge in [0.05, 0.1) is 12.4 Å². The largest absolute Gasteiger partial charge is 0.493 e. The van der Waals surface area contributed by atoms with E-state index in [0.717, 1.165) is 0 Å². The van der Waals surface area contributed by atoms with Gasteiger partial charge < -0.3 is 9.30 Å². The summed E-state index contributed by atoms with van der Waals surface area (Å²) < 4.78 is 22.1. The first-order valence-electron chi connectivity index (χ1n) is 7.34. The van der Waals surface area contributed by atoms with Crippen molar-refractivity contribution in [2.75, 3.05) is 6.61 Å². The molecule has 1 heterocycles. The molecule has 23 heavy (non-hydrogen) atoms. The molecule has 1 saturated carbocycles. The maximum atomic E-state index is 14.4. The Balaban J connectivity index is 0.00000192. The molecule has 1 aliphatic rings. The second kappa shape index (κ2) is 8.21. The van der Waals surface area contributed by atoms with Crippen molar-refractivity contribution in [2.45, 2.75) is 26.3 Å². The average Bonchev–Trinajstić information content (AvgIpc) is 3.32. The summed E-state index contributed by atoms with van der Waals surface area (Å²) in [5.74, 6) is 0.758. The van der Waals surface area contributed by atoms with Gasteiger partial charge in [-0.05, 0) is 35.3 Å². The van der Waals surface area contributed by atoms with E-state index in [0.29, 0.717) is 39.6 Å². The minimum atomic E-state index is -0.396. The van der Waals surface area contributed by atoms with E-state index in [1.54, 1.807) is 18.2 Å². The van der Waals surface area contributed by atoms with Gasteiger partial charge in [0.2, 0.25) is 5.56 Å². The molecule has 1 fully saturated rings. The molecule has 3 rings (SSSR count). The maximum Gasteiger partial charge on any atom is 0.207 e. The number of hydrogen-bond acceptors (Lipinski definition) is 2. The quantitative estimate of drug-likeness (QED) is 0.461. The van der Waals surface area contributed by atoms with Gasteiger partial charge in [0, 0.05) is 45.3 Å². The molecule has 1 radical (unpaired) electrons. The summed E-state index contributed by atoms with van der Waals surface area (Å²) in [6, 6.07) is 9.39. The number of benzene rings is 1. The topological polar surface area (TPSA) is 31.2 Å². The van der Waals surface area contributed by atoms with Gasteiger partial charge in [0.25, 0.3) is 0 Å². The van der Waals surface area contributed by atoms with Crippen LogP contribution in [0.2, 0.25) is 0 Å². The van der Waals surface area contributed by atoms with E-state index in [4.69, 9.17) is 4.74 Å². The van der Waals surface area contributed by atoms with Gasteiger partial charge in [0.15, 0.2) is 0 Å². The third-order valence-corrected chi connectivity index (χ3v) is 4.52. The van der Waals surface area contributed by atoms with E-state index in [-0.39, 0.29) is 38.3 Å². The number of ether oxygens (including phenoxy) is 1. The van der Waals surface area contributed by atoms with Gasteiger partial charge in [-0.1, -0.05) is 11.3 Å². The summed E-state index contributed by atoms with van der Waals surface area (Å²) in [4.78, 5) is 12.1. The Morgan fingerprint density at radius 3 is 2.78 bits per heavy atom. The Kier molecular flexibility index (Phi) is 6.81. The monoisotopic (exact) mass is 501 g/mol. The zero-order valence-corrected chi connectivity index (χ0v) is 17.8. The van der Waals surface area contributed by atoms with E-state index in [2.05, 4.69) is 6.07 Å². The van der Waals surface area contributed by atoms with Crippen molar-refractivity contribution in [1.29, 1.82) is 0 Å². The number of rotatable bonds is 5.